The molecule has 2 aromatic heterocycles. The third-order valence-electron chi connectivity index (χ3n) is 8.60. The van der Waals surface area contributed by atoms with Crippen molar-refractivity contribution in [2.75, 3.05) is 13.2 Å². The number of ether oxygens (including phenoxy) is 2. The smallest absolute Gasteiger partial charge is 0.128 e. The first-order chi connectivity index (χ1) is 24.7. The maximum absolute atomic E-state index is 6.64. The van der Waals surface area contributed by atoms with Gasteiger partial charge in [-0.2, -0.15) is 0 Å². The normalized spacial score (nSPS) is 11.3. The molecule has 6 aromatic carbocycles. The van der Waals surface area contributed by atoms with Crippen LogP contribution in [0.1, 0.15) is 0 Å². The summed E-state index contributed by atoms with van der Waals surface area (Å²) in [6, 6.07) is 45.4. The maximum Gasteiger partial charge on any atom is 0.128 e. The van der Waals surface area contributed by atoms with Crippen molar-refractivity contribution in [3.63, 3.8) is 0 Å². The van der Waals surface area contributed by atoms with E-state index in [9.17, 15) is 0 Å². The summed E-state index contributed by atoms with van der Waals surface area (Å²) in [6.07, 6.45) is 0. The van der Waals surface area contributed by atoms with Crippen LogP contribution >= 0.6 is 45.2 Å². The van der Waals surface area contributed by atoms with Gasteiger partial charge in [0, 0.05) is 22.3 Å². The molecule has 0 atom stereocenters. The van der Waals surface area contributed by atoms with Gasteiger partial charge < -0.3 is 9.47 Å². The van der Waals surface area contributed by atoms with Gasteiger partial charge in [0.15, 0.2) is 0 Å². The molecule has 50 heavy (non-hydrogen) atoms. The van der Waals surface area contributed by atoms with Gasteiger partial charge in [-0.25, -0.2) is 9.36 Å². The molecule has 0 saturated heterocycles. The van der Waals surface area contributed by atoms with Crippen molar-refractivity contribution >= 4 is 66.7 Å². The summed E-state index contributed by atoms with van der Waals surface area (Å²) >= 11 is 4.63. The lowest BCUT2D eigenvalue weighted by molar-refractivity contribution is 0.286. The first-order valence-electron chi connectivity index (χ1n) is 16.2. The van der Waals surface area contributed by atoms with Crippen LogP contribution in [0.3, 0.4) is 0 Å². The number of fused-ring (bicyclic) bond motifs is 2. The summed E-state index contributed by atoms with van der Waals surface area (Å²) in [7, 11) is 0. The second kappa shape index (κ2) is 14.6. The van der Waals surface area contributed by atoms with Gasteiger partial charge in [-0.1, -0.05) is 132 Å². The molecule has 0 aliphatic heterocycles. The summed E-state index contributed by atoms with van der Waals surface area (Å²) in [5.41, 5.74) is 5.81. The van der Waals surface area contributed by atoms with Gasteiger partial charge in [0.05, 0.1) is 13.1 Å². The van der Waals surface area contributed by atoms with Crippen LogP contribution in [0.4, 0.5) is 0 Å². The van der Waals surface area contributed by atoms with E-state index >= 15 is 0 Å². The number of benzene rings is 6. The summed E-state index contributed by atoms with van der Waals surface area (Å²) in [5.74, 6) is 1.56. The summed E-state index contributed by atoms with van der Waals surface area (Å²) in [6.45, 7) is 1.91. The molecule has 0 amide bonds. The molecule has 0 aliphatic rings. The van der Waals surface area contributed by atoms with Gasteiger partial charge in [0.2, 0.25) is 0 Å². The highest BCUT2D eigenvalue weighted by molar-refractivity contribution is 14.1. The Balaban J connectivity index is 1.11. The van der Waals surface area contributed by atoms with Gasteiger partial charge in [-0.05, 0) is 78.9 Å². The van der Waals surface area contributed by atoms with Crippen LogP contribution in [0.5, 0.6) is 11.5 Å². The number of nitrogens with zero attached hydrogens (tertiary/aromatic N) is 6. The largest absolute Gasteiger partial charge is 0.491 e. The van der Waals surface area contributed by atoms with Crippen LogP contribution < -0.4 is 9.47 Å². The molecule has 10 heteroatoms. The minimum absolute atomic E-state index is 0.411. The summed E-state index contributed by atoms with van der Waals surface area (Å²) in [4.78, 5) is 0. The minimum Gasteiger partial charge on any atom is -0.491 e. The zero-order valence-corrected chi connectivity index (χ0v) is 31.1. The molecule has 0 fully saturated rings. The molecule has 8 nitrogen and oxygen atoms in total. The molecule has 246 valence electrons. The van der Waals surface area contributed by atoms with Crippen molar-refractivity contribution in [1.82, 2.24) is 30.0 Å². The third-order valence-corrected chi connectivity index (χ3v) is 10.7. The van der Waals surface area contributed by atoms with Crippen molar-refractivity contribution < 1.29 is 9.47 Å². The monoisotopic (exact) mass is 880 g/mol. The molecule has 8 aromatic rings. The Morgan fingerprint density at radius 1 is 0.460 bits per heavy atom. The molecule has 0 aliphatic carbocycles. The maximum atomic E-state index is 6.64. The van der Waals surface area contributed by atoms with E-state index in [0.29, 0.717) is 26.3 Å². The number of halogens is 2. The van der Waals surface area contributed by atoms with Gasteiger partial charge in [-0.15, -0.1) is 10.2 Å². The van der Waals surface area contributed by atoms with Crippen molar-refractivity contribution in [1.29, 1.82) is 0 Å². The van der Waals surface area contributed by atoms with Crippen molar-refractivity contribution in [2.45, 2.75) is 13.1 Å². The van der Waals surface area contributed by atoms with E-state index in [1.807, 2.05) is 70.0 Å². The third kappa shape index (κ3) is 6.44. The fourth-order valence-electron chi connectivity index (χ4n) is 6.18. The Labute approximate surface area is 316 Å². The van der Waals surface area contributed by atoms with Crippen LogP contribution in [0.25, 0.3) is 55.2 Å². The fourth-order valence-corrected chi connectivity index (χ4v) is 7.69. The molecule has 0 bridgehead atoms. The Morgan fingerprint density at radius 2 is 0.860 bits per heavy atom. The quantitative estimate of drug-likeness (QED) is 0.121. The molecular weight excluding hydrogens is 850 g/mol. The standard InChI is InChI=1S/C40H30I2N6O2/c41-39-37(29-13-3-1-4-14-29)43-45-47(39)23-25-49-33-21-19-27-11-7-9-17-31(27)35(33)36-32-18-10-8-12-28(32)20-22-34(36)50-26-24-48-40(42)38(44-46-48)30-15-5-2-6-16-30/h1-22H,23-26H2. The highest BCUT2D eigenvalue weighted by Gasteiger charge is 2.20. The first-order valence-corrected chi connectivity index (χ1v) is 18.4. The molecule has 8 rings (SSSR count). The average molecular weight is 881 g/mol. The van der Waals surface area contributed by atoms with E-state index < -0.39 is 0 Å². The lowest BCUT2D eigenvalue weighted by Crippen LogP contribution is -2.12. The Kier molecular flexibility index (Phi) is 9.44. The summed E-state index contributed by atoms with van der Waals surface area (Å²) in [5, 5.41) is 22.2. The Morgan fingerprint density at radius 3 is 1.30 bits per heavy atom. The predicted molar refractivity (Wildman–Crippen MR) is 214 cm³/mol. The minimum atomic E-state index is 0.411. The van der Waals surface area contributed by atoms with E-state index in [2.05, 4.69) is 139 Å². The zero-order valence-electron chi connectivity index (χ0n) is 26.8. The Hall–Kier alpha value is -4.82. The number of rotatable bonds is 11. The van der Waals surface area contributed by atoms with E-state index in [0.717, 1.165) is 74.1 Å². The molecule has 0 unspecified atom stereocenters. The lowest BCUT2D eigenvalue weighted by atomic mass is 9.92. The fraction of sp³-hybridized carbons (Fsp3) is 0.100. The molecule has 0 radical (unpaired) electrons. The van der Waals surface area contributed by atoms with E-state index in [-0.39, 0.29) is 0 Å². The second-order valence-corrected chi connectivity index (χ2v) is 13.7. The van der Waals surface area contributed by atoms with Gasteiger partial charge in [0.1, 0.15) is 43.5 Å². The van der Waals surface area contributed by atoms with E-state index in [1.54, 1.807) is 0 Å². The van der Waals surface area contributed by atoms with Crippen LogP contribution in [0.2, 0.25) is 0 Å². The van der Waals surface area contributed by atoms with Crippen LogP contribution in [-0.4, -0.2) is 43.2 Å². The first kappa shape index (κ1) is 32.4. The van der Waals surface area contributed by atoms with E-state index in [4.69, 9.17) is 9.47 Å². The predicted octanol–water partition coefficient (Wildman–Crippen LogP) is 9.54. The average Bonchev–Trinajstić information content (AvgIpc) is 3.73. The van der Waals surface area contributed by atoms with E-state index in [1.165, 1.54) is 0 Å². The zero-order chi connectivity index (χ0) is 33.9. The van der Waals surface area contributed by atoms with Crippen LogP contribution in [0.15, 0.2) is 133 Å². The van der Waals surface area contributed by atoms with Crippen molar-refractivity contribution in [3.05, 3.63) is 141 Å². The lowest BCUT2D eigenvalue weighted by Gasteiger charge is -2.20. The van der Waals surface area contributed by atoms with Crippen molar-refractivity contribution in [2.24, 2.45) is 0 Å². The number of aromatic nitrogens is 6. The highest BCUT2D eigenvalue weighted by atomic mass is 127. The number of hydrogen-bond acceptors (Lipinski definition) is 6. The van der Waals surface area contributed by atoms with Crippen LogP contribution in [0, 0.1) is 7.40 Å². The van der Waals surface area contributed by atoms with Crippen LogP contribution in [-0.2, 0) is 13.1 Å². The molecule has 2 heterocycles. The highest BCUT2D eigenvalue weighted by Crippen LogP contribution is 2.45. The topological polar surface area (TPSA) is 79.9 Å². The van der Waals surface area contributed by atoms with Gasteiger partial charge >= 0.3 is 0 Å². The van der Waals surface area contributed by atoms with Crippen molar-refractivity contribution in [3.8, 4) is 45.1 Å². The second-order valence-electron chi connectivity index (χ2n) is 11.7. The molecular formula is C40H30I2N6O2. The summed E-state index contributed by atoms with van der Waals surface area (Å²) < 4.78 is 19.0. The van der Waals surface area contributed by atoms with Gasteiger partial charge in [0.25, 0.3) is 0 Å². The SMILES string of the molecule is Ic1c(-c2ccccc2)nnn1CCOc1ccc2ccccc2c1-c1c(OCCn2nnc(-c3ccccc3)c2I)ccc2ccccc12. The molecule has 0 N–H and O–H groups in total. The Bertz CT molecular complexity index is 2260. The number of hydrogen-bond donors (Lipinski definition) is 0. The molecule has 0 saturated carbocycles. The van der Waals surface area contributed by atoms with Gasteiger partial charge in [-0.3, -0.25) is 0 Å². The molecule has 0 spiro atoms.